The molecule has 0 radical (unpaired) electrons. The molecule has 1 N–H and O–H groups in total. The van der Waals surface area contributed by atoms with Crippen LogP contribution in [0.2, 0.25) is 0 Å². The third-order valence-corrected chi connectivity index (χ3v) is 2.31. The van der Waals surface area contributed by atoms with E-state index >= 15 is 0 Å². The number of carboxylic acid groups (broad SMARTS) is 1. The predicted octanol–water partition coefficient (Wildman–Crippen LogP) is 1.08. The maximum atomic E-state index is 11.1. The molecule has 1 rings (SSSR count). The van der Waals surface area contributed by atoms with Gasteiger partial charge in [-0.15, -0.1) is 0 Å². The fourth-order valence-corrected chi connectivity index (χ4v) is 1.55. The number of ketones is 1. The minimum atomic E-state index is -0.825. The number of rotatable bonds is 2. The Labute approximate surface area is 65.4 Å². The molecule has 0 aromatic heterocycles. The molecule has 0 saturated heterocycles. The van der Waals surface area contributed by atoms with E-state index in [9.17, 15) is 9.59 Å². The van der Waals surface area contributed by atoms with Crippen LogP contribution in [0.3, 0.4) is 0 Å². The number of hydrogen-bond acceptors (Lipinski definition) is 2. The van der Waals surface area contributed by atoms with Crippen LogP contribution in [0.5, 0.6) is 0 Å². The van der Waals surface area contributed by atoms with E-state index in [1.165, 1.54) is 0 Å². The first-order chi connectivity index (χ1) is 5.15. The van der Waals surface area contributed by atoms with Crippen molar-refractivity contribution < 1.29 is 14.7 Å². The molecule has 0 bridgehead atoms. The second kappa shape index (κ2) is 3.03. The van der Waals surface area contributed by atoms with Crippen molar-refractivity contribution in [2.75, 3.05) is 0 Å². The van der Waals surface area contributed by atoms with Crippen molar-refractivity contribution in [3.05, 3.63) is 0 Å². The monoisotopic (exact) mass is 156 g/mol. The summed E-state index contributed by atoms with van der Waals surface area (Å²) in [4.78, 5) is 21.5. The minimum Gasteiger partial charge on any atom is -0.481 e. The quantitative estimate of drug-likeness (QED) is 0.650. The van der Waals surface area contributed by atoms with Gasteiger partial charge < -0.3 is 5.11 Å². The van der Waals surface area contributed by atoms with Crippen LogP contribution in [0.25, 0.3) is 0 Å². The fourth-order valence-electron chi connectivity index (χ4n) is 1.55. The maximum Gasteiger partial charge on any atom is 0.306 e. The molecule has 62 valence electrons. The summed E-state index contributed by atoms with van der Waals surface area (Å²) in [6, 6.07) is 0. The molecule has 11 heavy (non-hydrogen) atoms. The number of carbonyl (C=O) groups excluding carboxylic acids is 1. The molecule has 1 fully saturated rings. The lowest BCUT2D eigenvalue weighted by molar-refractivity contribution is -0.142. The molecule has 3 heteroatoms. The van der Waals surface area contributed by atoms with Gasteiger partial charge in [0.25, 0.3) is 0 Å². The van der Waals surface area contributed by atoms with Crippen LogP contribution < -0.4 is 0 Å². The predicted molar refractivity (Wildman–Crippen MR) is 39.1 cm³/mol. The second-order valence-corrected chi connectivity index (χ2v) is 3.05. The average Bonchev–Trinajstić information content (AvgIpc) is 2.31. The van der Waals surface area contributed by atoms with Crippen molar-refractivity contribution in [3.63, 3.8) is 0 Å². The van der Waals surface area contributed by atoms with Crippen molar-refractivity contribution in [1.29, 1.82) is 0 Å². The molecule has 3 nitrogen and oxygen atoms in total. The van der Waals surface area contributed by atoms with Crippen LogP contribution in [0.1, 0.15) is 26.2 Å². The SMILES string of the molecule is CCC1C[C@H](C(=O)O)CC1=O. The van der Waals surface area contributed by atoms with E-state index in [-0.39, 0.29) is 18.1 Å². The lowest BCUT2D eigenvalue weighted by atomic mass is 10.0. The Morgan fingerprint density at radius 2 is 2.36 bits per heavy atom. The molecule has 0 aromatic carbocycles. The van der Waals surface area contributed by atoms with E-state index < -0.39 is 11.9 Å². The molecule has 0 amide bonds. The smallest absolute Gasteiger partial charge is 0.306 e. The molecule has 1 aliphatic carbocycles. The molecule has 1 unspecified atom stereocenters. The highest BCUT2D eigenvalue weighted by Crippen LogP contribution is 2.29. The topological polar surface area (TPSA) is 54.4 Å². The Morgan fingerprint density at radius 3 is 2.64 bits per heavy atom. The van der Waals surface area contributed by atoms with Gasteiger partial charge in [-0.25, -0.2) is 0 Å². The highest BCUT2D eigenvalue weighted by molar-refractivity contribution is 5.89. The summed E-state index contributed by atoms with van der Waals surface area (Å²) in [7, 11) is 0. The van der Waals surface area contributed by atoms with Crippen LogP contribution in [0, 0.1) is 11.8 Å². The molecule has 0 heterocycles. The van der Waals surface area contributed by atoms with Gasteiger partial charge in [0, 0.05) is 12.3 Å². The number of aliphatic carboxylic acids is 1. The number of carboxylic acids is 1. The normalized spacial score (nSPS) is 30.8. The van der Waals surface area contributed by atoms with Crippen LogP contribution >= 0.6 is 0 Å². The molecule has 1 aliphatic rings. The van der Waals surface area contributed by atoms with Crippen LogP contribution in [0.15, 0.2) is 0 Å². The Bertz CT molecular complexity index is 186. The van der Waals surface area contributed by atoms with Crippen molar-refractivity contribution in [2.45, 2.75) is 26.2 Å². The van der Waals surface area contributed by atoms with E-state index in [2.05, 4.69) is 0 Å². The number of hydrogen-bond donors (Lipinski definition) is 1. The van der Waals surface area contributed by atoms with Crippen LogP contribution in [-0.2, 0) is 9.59 Å². The maximum absolute atomic E-state index is 11.1. The number of carbonyl (C=O) groups is 2. The second-order valence-electron chi connectivity index (χ2n) is 3.05. The molecular weight excluding hydrogens is 144 g/mol. The first kappa shape index (κ1) is 8.24. The number of Topliss-reactive ketones (excluding diaryl/α,β-unsaturated/α-hetero) is 1. The van der Waals surface area contributed by atoms with Gasteiger partial charge in [0.05, 0.1) is 5.92 Å². The summed E-state index contributed by atoms with van der Waals surface area (Å²) >= 11 is 0. The molecule has 1 saturated carbocycles. The lowest BCUT2D eigenvalue weighted by Gasteiger charge is -2.01. The van der Waals surface area contributed by atoms with Crippen LogP contribution in [0.4, 0.5) is 0 Å². The Morgan fingerprint density at radius 1 is 1.73 bits per heavy atom. The van der Waals surface area contributed by atoms with Gasteiger partial charge >= 0.3 is 5.97 Å². The van der Waals surface area contributed by atoms with Gasteiger partial charge in [-0.3, -0.25) is 9.59 Å². The van der Waals surface area contributed by atoms with Gasteiger partial charge in [0.15, 0.2) is 0 Å². The third-order valence-electron chi connectivity index (χ3n) is 2.31. The van der Waals surface area contributed by atoms with Crippen molar-refractivity contribution in [1.82, 2.24) is 0 Å². The third kappa shape index (κ3) is 1.59. The highest BCUT2D eigenvalue weighted by atomic mass is 16.4. The van der Waals surface area contributed by atoms with E-state index in [4.69, 9.17) is 5.11 Å². The zero-order valence-electron chi connectivity index (χ0n) is 6.54. The van der Waals surface area contributed by atoms with Crippen molar-refractivity contribution in [3.8, 4) is 0 Å². The fraction of sp³-hybridized carbons (Fsp3) is 0.750. The summed E-state index contributed by atoms with van der Waals surface area (Å²) in [6.45, 7) is 1.92. The highest BCUT2D eigenvalue weighted by Gasteiger charge is 2.35. The lowest BCUT2D eigenvalue weighted by Crippen LogP contribution is -2.09. The Kier molecular flexibility index (Phi) is 2.27. The van der Waals surface area contributed by atoms with Gasteiger partial charge in [-0.05, 0) is 12.8 Å². The van der Waals surface area contributed by atoms with Gasteiger partial charge in [0.1, 0.15) is 5.78 Å². The van der Waals surface area contributed by atoms with E-state index in [0.717, 1.165) is 6.42 Å². The summed E-state index contributed by atoms with van der Waals surface area (Å²) in [6.07, 6.45) is 1.57. The summed E-state index contributed by atoms with van der Waals surface area (Å²) in [5.74, 6) is -1.10. The zero-order chi connectivity index (χ0) is 8.43. The van der Waals surface area contributed by atoms with Crippen molar-refractivity contribution >= 4 is 11.8 Å². The average molecular weight is 156 g/mol. The molecule has 2 atom stereocenters. The molecule has 0 spiro atoms. The Hall–Kier alpha value is -0.860. The van der Waals surface area contributed by atoms with Gasteiger partial charge in [-0.1, -0.05) is 6.92 Å². The summed E-state index contributed by atoms with van der Waals surface area (Å²) in [5.41, 5.74) is 0. The first-order valence-corrected chi connectivity index (χ1v) is 3.90. The van der Waals surface area contributed by atoms with Crippen molar-refractivity contribution in [2.24, 2.45) is 11.8 Å². The Balaban J connectivity index is 2.56. The largest absolute Gasteiger partial charge is 0.481 e. The minimum absolute atomic E-state index is 0.0103. The van der Waals surface area contributed by atoms with Gasteiger partial charge in [-0.2, -0.15) is 0 Å². The van der Waals surface area contributed by atoms with E-state index in [0.29, 0.717) is 6.42 Å². The van der Waals surface area contributed by atoms with Gasteiger partial charge in [0.2, 0.25) is 0 Å². The standard InChI is InChI=1S/C8H12O3/c1-2-5-3-6(8(10)11)4-7(5)9/h5-6H,2-4H2,1H3,(H,10,11)/t5?,6-/m0/s1. The summed E-state index contributed by atoms with van der Waals surface area (Å²) in [5, 5.41) is 8.59. The summed E-state index contributed by atoms with van der Waals surface area (Å²) < 4.78 is 0. The van der Waals surface area contributed by atoms with E-state index in [1.807, 2.05) is 6.92 Å². The molecular formula is C8H12O3. The van der Waals surface area contributed by atoms with Crippen LogP contribution in [-0.4, -0.2) is 16.9 Å². The zero-order valence-corrected chi connectivity index (χ0v) is 6.54. The molecule has 0 aromatic rings. The van der Waals surface area contributed by atoms with E-state index in [1.54, 1.807) is 0 Å². The first-order valence-electron chi connectivity index (χ1n) is 3.90. The molecule has 0 aliphatic heterocycles.